The van der Waals surface area contributed by atoms with E-state index in [0.29, 0.717) is 24.2 Å². The summed E-state index contributed by atoms with van der Waals surface area (Å²) < 4.78 is 11.1. The van der Waals surface area contributed by atoms with Crippen molar-refractivity contribution in [2.45, 2.75) is 51.2 Å². The monoisotopic (exact) mass is 284 g/mol. The summed E-state index contributed by atoms with van der Waals surface area (Å²) in [6.07, 6.45) is 5.48. The Bertz CT molecular complexity index is 414. The van der Waals surface area contributed by atoms with Crippen molar-refractivity contribution in [3.05, 3.63) is 22.7 Å². The highest BCUT2D eigenvalue weighted by Gasteiger charge is 2.37. The summed E-state index contributed by atoms with van der Waals surface area (Å²) in [5.74, 6) is 0.716. The summed E-state index contributed by atoms with van der Waals surface area (Å²) in [7, 11) is 1.65. The zero-order chi connectivity index (χ0) is 13.7. The minimum absolute atomic E-state index is 0.361. The van der Waals surface area contributed by atoms with E-state index >= 15 is 0 Å². The molecule has 0 spiro atoms. The van der Waals surface area contributed by atoms with Crippen LogP contribution >= 0.6 is 11.6 Å². The maximum Gasteiger partial charge on any atom is 0.162 e. The van der Waals surface area contributed by atoms with Crippen LogP contribution in [-0.4, -0.2) is 23.7 Å². The topological polar surface area (TPSA) is 44.2 Å². The highest BCUT2D eigenvalue weighted by atomic mass is 35.5. The third kappa shape index (κ3) is 3.44. The molecule has 0 unspecified atom stereocenters. The Morgan fingerprint density at radius 3 is 2.63 bits per heavy atom. The fourth-order valence-corrected chi connectivity index (χ4v) is 2.93. The highest BCUT2D eigenvalue weighted by Crippen LogP contribution is 2.39. The molecule has 1 aliphatic rings. The molecule has 0 bridgehead atoms. The van der Waals surface area contributed by atoms with Crippen LogP contribution in [0.25, 0.3) is 0 Å². The number of nitrogens with zero attached hydrogens (tertiary/aromatic N) is 2. The third-order valence-electron chi connectivity index (χ3n) is 3.53. The molecule has 1 aromatic rings. The fraction of sp³-hybridized carbons (Fsp3) is 0.714. The van der Waals surface area contributed by atoms with Gasteiger partial charge in [0, 0.05) is 13.7 Å². The number of halogens is 1. The summed E-state index contributed by atoms with van der Waals surface area (Å²) in [6.45, 7) is 3.11. The maximum atomic E-state index is 6.10. The zero-order valence-electron chi connectivity index (χ0n) is 11.6. The van der Waals surface area contributed by atoms with Crippen LogP contribution in [-0.2, 0) is 21.7 Å². The maximum absolute atomic E-state index is 6.10. The van der Waals surface area contributed by atoms with Crippen LogP contribution in [0.4, 0.5) is 0 Å². The molecule has 0 aliphatic heterocycles. The number of rotatable bonds is 5. The molecule has 0 atom stereocenters. The van der Waals surface area contributed by atoms with Crippen molar-refractivity contribution in [2.75, 3.05) is 13.7 Å². The lowest BCUT2D eigenvalue weighted by Gasteiger charge is -2.35. The van der Waals surface area contributed by atoms with Gasteiger partial charge in [0.1, 0.15) is 10.8 Å². The van der Waals surface area contributed by atoms with Crippen LogP contribution in [0.1, 0.15) is 50.5 Å². The SMILES string of the molecule is CCOC1(c2nc(Cl)cc(COC)n2)CCCCC1. The van der Waals surface area contributed by atoms with E-state index in [-0.39, 0.29) is 5.60 Å². The summed E-state index contributed by atoms with van der Waals surface area (Å²) in [5, 5.41) is 0.460. The normalized spacial score (nSPS) is 18.5. The molecule has 0 aromatic carbocycles. The molecule has 1 aromatic heterocycles. The number of hydrogen-bond acceptors (Lipinski definition) is 4. The van der Waals surface area contributed by atoms with Crippen LogP contribution in [0.2, 0.25) is 5.15 Å². The molecule has 1 fully saturated rings. The number of ether oxygens (including phenoxy) is 2. The summed E-state index contributed by atoms with van der Waals surface area (Å²) in [5.41, 5.74) is 0.447. The van der Waals surface area contributed by atoms with Crippen molar-refractivity contribution in [1.29, 1.82) is 0 Å². The fourth-order valence-electron chi connectivity index (χ4n) is 2.72. The van der Waals surface area contributed by atoms with Gasteiger partial charge in [-0.1, -0.05) is 30.9 Å². The van der Waals surface area contributed by atoms with Crippen LogP contribution in [0, 0.1) is 0 Å². The van der Waals surface area contributed by atoms with E-state index in [9.17, 15) is 0 Å². The van der Waals surface area contributed by atoms with E-state index < -0.39 is 0 Å². The van der Waals surface area contributed by atoms with E-state index in [2.05, 4.69) is 9.97 Å². The molecular formula is C14H21ClN2O2. The van der Waals surface area contributed by atoms with E-state index in [1.807, 2.05) is 6.92 Å². The molecule has 4 nitrogen and oxygen atoms in total. The van der Waals surface area contributed by atoms with E-state index in [0.717, 1.165) is 31.4 Å². The first-order valence-corrected chi connectivity index (χ1v) is 7.25. The van der Waals surface area contributed by atoms with E-state index in [1.165, 1.54) is 6.42 Å². The molecule has 0 N–H and O–H groups in total. The first-order valence-electron chi connectivity index (χ1n) is 6.87. The second-order valence-electron chi connectivity index (χ2n) is 4.93. The van der Waals surface area contributed by atoms with Crippen molar-refractivity contribution >= 4 is 11.6 Å². The summed E-state index contributed by atoms with van der Waals surface area (Å²) >= 11 is 6.10. The second kappa shape index (κ2) is 6.64. The smallest absolute Gasteiger partial charge is 0.162 e. The van der Waals surface area contributed by atoms with Crippen LogP contribution < -0.4 is 0 Å². The highest BCUT2D eigenvalue weighted by molar-refractivity contribution is 6.29. The largest absolute Gasteiger partial charge is 0.378 e. The summed E-state index contributed by atoms with van der Waals surface area (Å²) in [4.78, 5) is 9.00. The minimum Gasteiger partial charge on any atom is -0.378 e. The first kappa shape index (κ1) is 14.7. The number of aromatic nitrogens is 2. The van der Waals surface area contributed by atoms with Crippen molar-refractivity contribution in [3.63, 3.8) is 0 Å². The number of hydrogen-bond donors (Lipinski definition) is 0. The molecule has 19 heavy (non-hydrogen) atoms. The van der Waals surface area contributed by atoms with Gasteiger partial charge in [0.15, 0.2) is 5.82 Å². The van der Waals surface area contributed by atoms with Gasteiger partial charge in [0.05, 0.1) is 12.3 Å². The lowest BCUT2D eigenvalue weighted by molar-refractivity contribution is -0.0769. The Labute approximate surface area is 119 Å². The van der Waals surface area contributed by atoms with Crippen LogP contribution in [0.3, 0.4) is 0 Å². The standard InChI is InChI=1S/C14H21ClN2O2/c1-3-19-14(7-5-4-6-8-14)13-16-11(10-18-2)9-12(15)17-13/h9H,3-8,10H2,1-2H3. The van der Waals surface area contributed by atoms with Gasteiger partial charge in [-0.25, -0.2) is 9.97 Å². The molecule has 5 heteroatoms. The van der Waals surface area contributed by atoms with Crippen molar-refractivity contribution in [1.82, 2.24) is 9.97 Å². The molecule has 0 amide bonds. The summed E-state index contributed by atoms with van der Waals surface area (Å²) in [6, 6.07) is 1.75. The Morgan fingerprint density at radius 1 is 1.26 bits per heavy atom. The molecule has 106 valence electrons. The zero-order valence-corrected chi connectivity index (χ0v) is 12.4. The predicted molar refractivity (Wildman–Crippen MR) is 74.1 cm³/mol. The van der Waals surface area contributed by atoms with Gasteiger partial charge >= 0.3 is 0 Å². The van der Waals surface area contributed by atoms with Crippen molar-refractivity contribution < 1.29 is 9.47 Å². The quantitative estimate of drug-likeness (QED) is 0.777. The molecule has 2 rings (SSSR count). The average Bonchev–Trinajstić information content (AvgIpc) is 2.40. The predicted octanol–water partition coefficient (Wildman–Crippen LogP) is 3.47. The Kier molecular flexibility index (Phi) is 5.13. The lowest BCUT2D eigenvalue weighted by atomic mass is 9.83. The van der Waals surface area contributed by atoms with E-state index in [1.54, 1.807) is 13.2 Å². The van der Waals surface area contributed by atoms with Crippen molar-refractivity contribution in [2.24, 2.45) is 0 Å². The minimum atomic E-state index is -0.361. The molecule has 1 heterocycles. The third-order valence-corrected chi connectivity index (χ3v) is 3.72. The average molecular weight is 285 g/mol. The van der Waals surface area contributed by atoms with Gasteiger partial charge < -0.3 is 9.47 Å². The lowest BCUT2D eigenvalue weighted by Crippen LogP contribution is -2.34. The van der Waals surface area contributed by atoms with Gasteiger partial charge in [-0.2, -0.15) is 0 Å². The first-order chi connectivity index (χ1) is 9.20. The van der Waals surface area contributed by atoms with Gasteiger partial charge in [0.2, 0.25) is 0 Å². The van der Waals surface area contributed by atoms with Crippen LogP contribution in [0.15, 0.2) is 6.07 Å². The van der Waals surface area contributed by atoms with Crippen LogP contribution in [0.5, 0.6) is 0 Å². The second-order valence-corrected chi connectivity index (χ2v) is 5.31. The molecular weight excluding hydrogens is 264 g/mol. The Morgan fingerprint density at radius 2 is 2.00 bits per heavy atom. The van der Waals surface area contributed by atoms with Crippen molar-refractivity contribution in [3.8, 4) is 0 Å². The van der Waals surface area contributed by atoms with Gasteiger partial charge in [-0.3, -0.25) is 0 Å². The Hall–Kier alpha value is -0.710. The van der Waals surface area contributed by atoms with E-state index in [4.69, 9.17) is 21.1 Å². The molecule has 0 radical (unpaired) electrons. The molecule has 1 aliphatic carbocycles. The molecule has 1 saturated carbocycles. The number of methoxy groups -OCH3 is 1. The van der Waals surface area contributed by atoms with Gasteiger partial charge in [-0.15, -0.1) is 0 Å². The molecule has 0 saturated heterocycles. The van der Waals surface area contributed by atoms with Gasteiger partial charge in [0.25, 0.3) is 0 Å². The Balaban J connectivity index is 2.34. The van der Waals surface area contributed by atoms with Gasteiger partial charge in [-0.05, 0) is 25.8 Å².